The van der Waals surface area contributed by atoms with Crippen LogP contribution in [0.25, 0.3) is 0 Å². The van der Waals surface area contributed by atoms with Crippen molar-refractivity contribution in [3.8, 4) is 5.75 Å². The van der Waals surface area contributed by atoms with Gasteiger partial charge in [0.25, 0.3) is 5.69 Å². The molecule has 3 rings (SSSR count). The zero-order valence-corrected chi connectivity index (χ0v) is 12.7. The first-order valence-electron chi connectivity index (χ1n) is 7.38. The maximum Gasteiger partial charge on any atom is 0.319 e. The Bertz CT molecular complexity index is 708. The van der Waals surface area contributed by atoms with Crippen molar-refractivity contribution in [1.82, 2.24) is 0 Å². The van der Waals surface area contributed by atoms with Crippen molar-refractivity contribution in [3.63, 3.8) is 0 Å². The highest BCUT2D eigenvalue weighted by molar-refractivity contribution is 5.75. The first-order chi connectivity index (χ1) is 11.6. The van der Waals surface area contributed by atoms with E-state index in [1.165, 1.54) is 24.3 Å². The number of hydrogen-bond donors (Lipinski definition) is 0. The fraction of sp³-hybridized carbons (Fsp3) is 0.235. The van der Waals surface area contributed by atoms with Gasteiger partial charge in [-0.05, 0) is 12.1 Å². The van der Waals surface area contributed by atoms with E-state index >= 15 is 0 Å². The van der Waals surface area contributed by atoms with Crippen LogP contribution in [0.5, 0.6) is 5.75 Å². The van der Waals surface area contributed by atoms with Gasteiger partial charge >= 0.3 is 5.97 Å². The van der Waals surface area contributed by atoms with E-state index in [-0.39, 0.29) is 24.7 Å². The zero-order valence-electron chi connectivity index (χ0n) is 12.7. The number of esters is 1. The molecule has 1 fully saturated rings. The van der Waals surface area contributed by atoms with Gasteiger partial charge in [0.15, 0.2) is 6.29 Å². The monoisotopic (exact) mass is 329 g/mol. The largest absolute Gasteiger partial charge is 0.426 e. The lowest BCUT2D eigenvalue weighted by Gasteiger charge is -2.28. The van der Waals surface area contributed by atoms with Crippen LogP contribution >= 0.6 is 0 Å². The van der Waals surface area contributed by atoms with Crippen LogP contribution in [0, 0.1) is 16.0 Å². The highest BCUT2D eigenvalue weighted by Crippen LogP contribution is 2.26. The second-order valence-electron chi connectivity index (χ2n) is 5.28. The zero-order chi connectivity index (χ0) is 16.9. The number of nitrogens with zero attached hydrogens (tertiary/aromatic N) is 1. The molecule has 0 radical (unpaired) electrons. The van der Waals surface area contributed by atoms with Gasteiger partial charge < -0.3 is 14.2 Å². The van der Waals surface area contributed by atoms with Crippen LogP contribution in [-0.2, 0) is 14.3 Å². The molecule has 0 spiro atoms. The smallest absolute Gasteiger partial charge is 0.319 e. The maximum absolute atomic E-state index is 12.1. The Kier molecular flexibility index (Phi) is 4.83. The number of benzene rings is 2. The number of carbonyl (C=O) groups is 1. The third-order valence-electron chi connectivity index (χ3n) is 3.57. The maximum atomic E-state index is 12.1. The van der Waals surface area contributed by atoms with E-state index in [2.05, 4.69) is 0 Å². The van der Waals surface area contributed by atoms with Crippen molar-refractivity contribution in [1.29, 1.82) is 0 Å². The molecule has 0 atom stereocenters. The Morgan fingerprint density at radius 3 is 2.25 bits per heavy atom. The average molecular weight is 329 g/mol. The van der Waals surface area contributed by atoms with Gasteiger partial charge in [-0.3, -0.25) is 14.9 Å². The average Bonchev–Trinajstić information content (AvgIpc) is 2.63. The molecule has 0 bridgehead atoms. The van der Waals surface area contributed by atoms with Crippen LogP contribution < -0.4 is 4.74 Å². The Morgan fingerprint density at radius 2 is 1.67 bits per heavy atom. The summed E-state index contributed by atoms with van der Waals surface area (Å²) in [5.41, 5.74) is 0.824. The molecule has 1 heterocycles. The summed E-state index contributed by atoms with van der Waals surface area (Å²) in [6.45, 7) is 0.372. The van der Waals surface area contributed by atoms with Gasteiger partial charge in [0.05, 0.1) is 18.1 Å². The van der Waals surface area contributed by atoms with Crippen molar-refractivity contribution < 1.29 is 23.9 Å². The fourth-order valence-electron chi connectivity index (χ4n) is 2.28. The number of ether oxygens (including phenoxy) is 3. The van der Waals surface area contributed by atoms with E-state index < -0.39 is 23.1 Å². The van der Waals surface area contributed by atoms with Crippen molar-refractivity contribution >= 4 is 11.7 Å². The Balaban J connectivity index is 1.54. The van der Waals surface area contributed by atoms with E-state index in [1.54, 1.807) is 0 Å². The van der Waals surface area contributed by atoms with E-state index in [9.17, 15) is 14.9 Å². The molecular formula is C17H15NO6. The van der Waals surface area contributed by atoms with E-state index in [1.807, 2.05) is 30.3 Å². The lowest BCUT2D eigenvalue weighted by Crippen LogP contribution is -2.35. The molecule has 2 aromatic rings. The molecule has 24 heavy (non-hydrogen) atoms. The number of hydrogen-bond acceptors (Lipinski definition) is 6. The summed E-state index contributed by atoms with van der Waals surface area (Å²) in [5, 5.41) is 10.6. The predicted molar refractivity (Wildman–Crippen MR) is 83.3 cm³/mol. The first kappa shape index (κ1) is 16.1. The second kappa shape index (κ2) is 7.20. The lowest BCUT2D eigenvalue weighted by molar-refractivity contribution is -0.384. The second-order valence-corrected chi connectivity index (χ2v) is 5.28. The van der Waals surface area contributed by atoms with Crippen LogP contribution in [-0.4, -0.2) is 24.1 Å². The summed E-state index contributed by atoms with van der Waals surface area (Å²) in [6, 6.07) is 14.8. The molecular weight excluding hydrogens is 314 g/mol. The molecule has 0 unspecified atom stereocenters. The molecule has 0 aromatic heterocycles. The van der Waals surface area contributed by atoms with Crippen LogP contribution in [0.4, 0.5) is 5.69 Å². The highest BCUT2D eigenvalue weighted by Gasteiger charge is 2.29. The predicted octanol–water partition coefficient (Wildman–Crippen LogP) is 2.86. The molecule has 1 aliphatic rings. The number of nitro benzene ring substituents is 1. The summed E-state index contributed by atoms with van der Waals surface area (Å²) in [6.07, 6.45) is -0.491. The van der Waals surface area contributed by atoms with Crippen molar-refractivity contribution in [3.05, 3.63) is 70.3 Å². The van der Waals surface area contributed by atoms with Crippen LogP contribution in [0.1, 0.15) is 11.9 Å². The van der Waals surface area contributed by atoms with Gasteiger partial charge in [-0.25, -0.2) is 0 Å². The number of nitro groups is 1. The summed E-state index contributed by atoms with van der Waals surface area (Å²) in [7, 11) is 0. The van der Waals surface area contributed by atoms with Crippen LogP contribution in [0.3, 0.4) is 0 Å². The molecule has 0 aliphatic carbocycles. The topological polar surface area (TPSA) is 87.9 Å². The Hall–Kier alpha value is -2.77. The molecule has 0 amide bonds. The fourth-order valence-corrected chi connectivity index (χ4v) is 2.28. The molecule has 1 saturated heterocycles. The summed E-state index contributed by atoms with van der Waals surface area (Å²) < 4.78 is 16.4. The quantitative estimate of drug-likeness (QED) is 0.371. The number of carbonyl (C=O) groups excluding carboxylic acids is 1. The Labute approximate surface area is 137 Å². The lowest BCUT2D eigenvalue weighted by atomic mass is 10.1. The summed E-state index contributed by atoms with van der Waals surface area (Å²) >= 11 is 0. The van der Waals surface area contributed by atoms with Gasteiger partial charge in [-0.15, -0.1) is 0 Å². The van der Waals surface area contributed by atoms with Gasteiger partial charge in [-0.2, -0.15) is 0 Å². The van der Waals surface area contributed by atoms with E-state index in [0.29, 0.717) is 0 Å². The molecule has 124 valence electrons. The van der Waals surface area contributed by atoms with Crippen molar-refractivity contribution in [2.24, 2.45) is 5.92 Å². The molecule has 2 aromatic carbocycles. The summed E-state index contributed by atoms with van der Waals surface area (Å²) in [4.78, 5) is 22.2. The first-order valence-corrected chi connectivity index (χ1v) is 7.38. The van der Waals surface area contributed by atoms with Gasteiger partial charge in [0.1, 0.15) is 11.7 Å². The van der Waals surface area contributed by atoms with Crippen molar-refractivity contribution in [2.75, 3.05) is 13.2 Å². The van der Waals surface area contributed by atoms with E-state index in [4.69, 9.17) is 14.2 Å². The molecule has 0 N–H and O–H groups in total. The molecule has 7 heteroatoms. The minimum Gasteiger partial charge on any atom is -0.426 e. The van der Waals surface area contributed by atoms with Gasteiger partial charge in [0.2, 0.25) is 0 Å². The standard InChI is InChI=1S/C17H15NO6/c19-16(24-15-8-6-14(7-9-15)18(20)21)13-10-22-17(23-11-13)12-4-2-1-3-5-12/h1-9,13,17H,10-11H2. The minimum atomic E-state index is -0.542. The normalized spacial score (nSPS) is 20.3. The third-order valence-corrected chi connectivity index (χ3v) is 3.57. The van der Waals surface area contributed by atoms with E-state index in [0.717, 1.165) is 5.56 Å². The third kappa shape index (κ3) is 3.76. The SMILES string of the molecule is O=C(Oc1ccc([N+](=O)[O-])cc1)C1COC(c2ccccc2)OC1. The minimum absolute atomic E-state index is 0.0650. The number of rotatable bonds is 4. The molecule has 0 saturated carbocycles. The Morgan fingerprint density at radius 1 is 1.04 bits per heavy atom. The molecule has 7 nitrogen and oxygen atoms in total. The van der Waals surface area contributed by atoms with Crippen LogP contribution in [0.2, 0.25) is 0 Å². The highest BCUT2D eigenvalue weighted by atomic mass is 16.7. The van der Waals surface area contributed by atoms with Gasteiger partial charge in [-0.1, -0.05) is 30.3 Å². The van der Waals surface area contributed by atoms with Crippen molar-refractivity contribution in [2.45, 2.75) is 6.29 Å². The number of non-ortho nitro benzene ring substituents is 1. The molecule has 1 aliphatic heterocycles. The summed E-state index contributed by atoms with van der Waals surface area (Å²) in [5.74, 6) is -0.786. The van der Waals surface area contributed by atoms with Gasteiger partial charge in [0, 0.05) is 17.7 Å². The van der Waals surface area contributed by atoms with Crippen LogP contribution in [0.15, 0.2) is 54.6 Å².